The van der Waals surface area contributed by atoms with E-state index in [-0.39, 0.29) is 11.3 Å². The predicted octanol–water partition coefficient (Wildman–Crippen LogP) is 13.4. The van der Waals surface area contributed by atoms with Crippen LogP contribution in [0.2, 0.25) is 0 Å². The van der Waals surface area contributed by atoms with Gasteiger partial charge in [-0.1, -0.05) is 94.4 Å². The molecule has 5 aromatic carbocycles. The maximum Gasteiger partial charge on any atom is 0.0559 e. The molecular weight excluding hydrogens is 747 g/mol. The summed E-state index contributed by atoms with van der Waals surface area (Å²) in [7, 11) is -0.918. The van der Waals surface area contributed by atoms with Crippen LogP contribution in [0.3, 0.4) is 0 Å². The minimum Gasteiger partial charge on any atom is -0.393 e. The van der Waals surface area contributed by atoms with Crippen LogP contribution in [0.5, 0.6) is 0 Å². The third-order valence-corrected chi connectivity index (χ3v) is 16.8. The fraction of sp³-hybridized carbons (Fsp3) is 0.333. The van der Waals surface area contributed by atoms with Crippen molar-refractivity contribution in [1.82, 2.24) is 0 Å². The summed E-state index contributed by atoms with van der Waals surface area (Å²) in [5.41, 5.74) is 22.1. The van der Waals surface area contributed by atoms with Crippen LogP contribution in [0.25, 0.3) is 22.3 Å². The first-order valence-electron chi connectivity index (χ1n) is 17.5. The molecule has 0 spiro atoms. The predicted molar refractivity (Wildman–Crippen MR) is 220 cm³/mol. The van der Waals surface area contributed by atoms with E-state index >= 15 is 0 Å². The number of halogens is 2. The lowest BCUT2D eigenvalue weighted by Gasteiger charge is -2.44. The van der Waals surface area contributed by atoms with Gasteiger partial charge >= 0.3 is 0 Å². The average molecular weight is 797 g/mol. The second kappa shape index (κ2) is 14.2. The summed E-state index contributed by atoms with van der Waals surface area (Å²) < 4.78 is 2.24. The Morgan fingerprint density at radius 2 is 0.796 bits per heavy atom. The molecule has 2 atom stereocenters. The molecule has 0 amide bonds. The van der Waals surface area contributed by atoms with Gasteiger partial charge in [0.2, 0.25) is 0 Å². The van der Waals surface area contributed by atoms with Gasteiger partial charge in [-0.3, -0.25) is 0 Å². The molecule has 6 rings (SSSR count). The highest BCUT2D eigenvalue weighted by Crippen LogP contribution is 2.70. The summed E-state index contributed by atoms with van der Waals surface area (Å²) >= 11 is 7.98. The van der Waals surface area contributed by atoms with Gasteiger partial charge < -0.3 is 5.11 Å². The highest BCUT2D eigenvalue weighted by atomic mass is 79.9. The summed E-state index contributed by atoms with van der Waals surface area (Å²) in [5, 5.41) is 13.2. The zero-order valence-corrected chi connectivity index (χ0v) is 34.7. The van der Waals surface area contributed by atoms with E-state index in [9.17, 15) is 5.11 Å². The number of benzene rings is 5. The van der Waals surface area contributed by atoms with Gasteiger partial charge in [-0.25, -0.2) is 0 Å². The second-order valence-electron chi connectivity index (χ2n) is 14.3. The Hall–Kier alpha value is -2.55. The zero-order chi connectivity index (χ0) is 35.5. The smallest absolute Gasteiger partial charge is 0.0559 e. The van der Waals surface area contributed by atoms with E-state index in [1.54, 1.807) is 0 Å². The zero-order valence-electron chi connectivity index (χ0n) is 30.6. The number of aliphatic hydroxyl groups is 1. The molecule has 1 nitrogen and oxygen atoms in total. The summed E-state index contributed by atoms with van der Waals surface area (Å²) in [4.78, 5) is 0. The van der Waals surface area contributed by atoms with E-state index in [2.05, 4.69) is 168 Å². The van der Waals surface area contributed by atoms with Gasteiger partial charge in [0, 0.05) is 20.3 Å². The third-order valence-electron chi connectivity index (χ3n) is 12.0. The van der Waals surface area contributed by atoms with E-state index < -0.39 is 14.0 Å². The lowest BCUT2D eigenvalue weighted by atomic mass is 9.83. The minimum absolute atomic E-state index is 0.146. The van der Waals surface area contributed by atoms with Crippen LogP contribution in [0.4, 0.5) is 0 Å². The standard InChI is InChI=1S/C45H49Br2OP/c1-24-26(3)30(7)43(31(8)27(24)4)37-18-15-19-38(44-32(9)28(5)25(2)29(6)33(44)10)45(37)49-41(35-16-11-13-20-39(35)46)22-34(48)23-42(49)36-17-12-14-21-40(36)47/h11-21,34,41-42,48H,22-23H2,1-10H3. The average Bonchev–Trinajstić information content (AvgIpc) is 3.09. The van der Waals surface area contributed by atoms with Gasteiger partial charge in [0.25, 0.3) is 0 Å². The highest BCUT2D eigenvalue weighted by Gasteiger charge is 2.43. The Morgan fingerprint density at radius 3 is 1.14 bits per heavy atom. The SMILES string of the molecule is Cc1c(C)c(C)c(-c2cccc(-c3c(C)c(C)c(C)c(C)c3C)c2P2C(c3ccccc3Br)CC(O)CC2c2ccccc2Br)c(C)c1C. The maximum absolute atomic E-state index is 11.8. The normalized spacial score (nSPS) is 19.4. The Morgan fingerprint density at radius 1 is 0.469 bits per heavy atom. The van der Waals surface area contributed by atoms with Crippen LogP contribution >= 0.6 is 39.8 Å². The van der Waals surface area contributed by atoms with E-state index in [1.165, 1.54) is 94.3 Å². The van der Waals surface area contributed by atoms with Crippen molar-refractivity contribution in [3.05, 3.63) is 142 Å². The molecule has 0 aromatic heterocycles. The quantitative estimate of drug-likeness (QED) is 0.176. The van der Waals surface area contributed by atoms with Gasteiger partial charge in [0.15, 0.2) is 0 Å². The van der Waals surface area contributed by atoms with Crippen molar-refractivity contribution in [3.8, 4) is 22.3 Å². The van der Waals surface area contributed by atoms with Gasteiger partial charge in [-0.15, -0.1) is 0 Å². The molecule has 0 bridgehead atoms. The van der Waals surface area contributed by atoms with Gasteiger partial charge in [-0.05, 0) is 189 Å². The van der Waals surface area contributed by atoms with Crippen molar-refractivity contribution in [3.63, 3.8) is 0 Å². The molecule has 0 aliphatic carbocycles. The molecule has 0 saturated carbocycles. The molecule has 1 aliphatic heterocycles. The van der Waals surface area contributed by atoms with Crippen LogP contribution in [-0.2, 0) is 0 Å². The molecule has 254 valence electrons. The van der Waals surface area contributed by atoms with Gasteiger partial charge in [0.05, 0.1) is 6.10 Å². The number of hydrogen-bond acceptors (Lipinski definition) is 1. The van der Waals surface area contributed by atoms with E-state index in [1.807, 2.05) is 0 Å². The van der Waals surface area contributed by atoms with Crippen molar-refractivity contribution >= 4 is 45.1 Å². The van der Waals surface area contributed by atoms with E-state index in [0.717, 1.165) is 21.8 Å². The monoisotopic (exact) mass is 794 g/mol. The highest BCUT2D eigenvalue weighted by molar-refractivity contribution is 9.10. The van der Waals surface area contributed by atoms with Gasteiger partial charge in [-0.2, -0.15) is 0 Å². The van der Waals surface area contributed by atoms with E-state index in [0.29, 0.717) is 0 Å². The summed E-state index contributed by atoms with van der Waals surface area (Å²) in [6.45, 7) is 23.0. The molecule has 0 radical (unpaired) electrons. The van der Waals surface area contributed by atoms with Crippen molar-refractivity contribution in [2.45, 2.75) is 99.5 Å². The first kappa shape index (κ1) is 36.2. The molecule has 1 aliphatic rings. The molecule has 49 heavy (non-hydrogen) atoms. The van der Waals surface area contributed by atoms with Crippen LogP contribution in [0, 0.1) is 69.2 Å². The first-order chi connectivity index (χ1) is 23.3. The van der Waals surface area contributed by atoms with Crippen LogP contribution in [0.15, 0.2) is 75.7 Å². The van der Waals surface area contributed by atoms with E-state index in [4.69, 9.17) is 0 Å². The minimum atomic E-state index is -0.918. The molecule has 2 unspecified atom stereocenters. The fourth-order valence-corrected chi connectivity index (χ4v) is 13.9. The topological polar surface area (TPSA) is 20.2 Å². The molecule has 1 N–H and O–H groups in total. The fourth-order valence-electron chi connectivity index (χ4n) is 8.45. The largest absolute Gasteiger partial charge is 0.393 e. The Labute approximate surface area is 312 Å². The van der Waals surface area contributed by atoms with Crippen LogP contribution < -0.4 is 5.30 Å². The second-order valence-corrected chi connectivity index (χ2v) is 18.5. The van der Waals surface area contributed by atoms with Crippen molar-refractivity contribution in [1.29, 1.82) is 0 Å². The summed E-state index contributed by atoms with van der Waals surface area (Å²) in [6.07, 6.45) is 1.07. The molecule has 4 heteroatoms. The van der Waals surface area contributed by atoms with Gasteiger partial charge in [0.1, 0.15) is 0 Å². The molecular formula is C45H49Br2OP. The van der Waals surface area contributed by atoms with Crippen LogP contribution in [-0.4, -0.2) is 11.2 Å². The Balaban J connectivity index is 1.83. The lowest BCUT2D eigenvalue weighted by molar-refractivity contribution is 0.146. The van der Waals surface area contributed by atoms with Crippen LogP contribution in [0.1, 0.15) is 90.9 Å². The van der Waals surface area contributed by atoms with Crippen molar-refractivity contribution in [2.75, 3.05) is 0 Å². The Bertz CT molecular complexity index is 1890. The first-order valence-corrected chi connectivity index (χ1v) is 20.6. The molecule has 1 fully saturated rings. The Kier molecular flexibility index (Phi) is 10.5. The summed E-state index contributed by atoms with van der Waals surface area (Å²) in [6, 6.07) is 24.6. The lowest BCUT2D eigenvalue weighted by Crippen LogP contribution is -2.29. The third kappa shape index (κ3) is 6.22. The number of rotatable bonds is 5. The summed E-state index contributed by atoms with van der Waals surface area (Å²) in [5.74, 6) is 0. The van der Waals surface area contributed by atoms with Crippen molar-refractivity contribution < 1.29 is 5.11 Å². The van der Waals surface area contributed by atoms with Crippen molar-refractivity contribution in [2.24, 2.45) is 0 Å². The molecule has 1 heterocycles. The molecule has 1 saturated heterocycles. The maximum atomic E-state index is 11.8. The number of hydrogen-bond donors (Lipinski definition) is 1. The molecule has 5 aromatic rings. The number of aliphatic hydroxyl groups excluding tert-OH is 1.